The molecule has 0 saturated heterocycles. The second kappa shape index (κ2) is 9.68. The zero-order valence-corrected chi connectivity index (χ0v) is 14.3. The smallest absolute Gasteiger partial charge is 0.115 e. The molecule has 4 unspecified atom stereocenters. The van der Waals surface area contributed by atoms with Gasteiger partial charge < -0.3 is 10.2 Å². The summed E-state index contributed by atoms with van der Waals surface area (Å²) in [6.07, 6.45) is 6.75. The molecule has 124 valence electrons. The number of aliphatic hydroxyl groups is 1. The molecule has 0 radical (unpaired) electrons. The normalized spacial score (nSPS) is 16.7. The van der Waals surface area contributed by atoms with Gasteiger partial charge in [-0.15, -0.1) is 6.58 Å². The highest BCUT2D eigenvalue weighted by Gasteiger charge is 2.16. The van der Waals surface area contributed by atoms with Crippen molar-refractivity contribution in [2.24, 2.45) is 17.8 Å². The number of aromatic hydroxyl groups is 1. The summed E-state index contributed by atoms with van der Waals surface area (Å²) in [5, 5.41) is 19.3. The third-order valence-electron chi connectivity index (χ3n) is 4.51. The molecule has 0 aliphatic heterocycles. The topological polar surface area (TPSA) is 40.5 Å². The van der Waals surface area contributed by atoms with Crippen LogP contribution in [0.25, 0.3) is 0 Å². The number of hydrogen-bond donors (Lipinski definition) is 2. The van der Waals surface area contributed by atoms with E-state index in [9.17, 15) is 10.2 Å². The van der Waals surface area contributed by atoms with Gasteiger partial charge >= 0.3 is 0 Å². The first kappa shape index (κ1) is 18.8. The van der Waals surface area contributed by atoms with Gasteiger partial charge in [0.1, 0.15) is 5.75 Å². The first-order chi connectivity index (χ1) is 10.4. The Hall–Kier alpha value is -1.28. The predicted octanol–water partition coefficient (Wildman–Crippen LogP) is 4.95. The fourth-order valence-corrected chi connectivity index (χ4v) is 3.02. The van der Waals surface area contributed by atoms with E-state index in [0.717, 1.165) is 12.8 Å². The predicted molar refractivity (Wildman–Crippen MR) is 94.0 cm³/mol. The van der Waals surface area contributed by atoms with Crippen molar-refractivity contribution in [1.29, 1.82) is 0 Å². The minimum atomic E-state index is -0.255. The summed E-state index contributed by atoms with van der Waals surface area (Å²) >= 11 is 0. The largest absolute Gasteiger partial charge is 0.508 e. The molecule has 0 heterocycles. The van der Waals surface area contributed by atoms with Gasteiger partial charge in [-0.1, -0.05) is 51.8 Å². The standard InChI is InChI=1S/C20H32O2/c1-5-6-20(22)17(4)13-15(2)7-8-16(3)14-18-9-11-19(21)12-10-18/h5,9-12,15-17,20-22H,1,6-8,13-14H2,2-4H3. The van der Waals surface area contributed by atoms with Crippen LogP contribution in [0.15, 0.2) is 36.9 Å². The molecule has 2 nitrogen and oxygen atoms in total. The van der Waals surface area contributed by atoms with Gasteiger partial charge in [0.2, 0.25) is 0 Å². The Kier molecular flexibility index (Phi) is 8.26. The summed E-state index contributed by atoms with van der Waals surface area (Å²) in [6.45, 7) is 10.4. The molecule has 0 saturated carbocycles. The zero-order chi connectivity index (χ0) is 16.5. The lowest BCUT2D eigenvalue weighted by Gasteiger charge is -2.22. The van der Waals surface area contributed by atoms with Gasteiger partial charge in [0.05, 0.1) is 6.10 Å². The SMILES string of the molecule is C=CCC(O)C(C)CC(C)CCC(C)Cc1ccc(O)cc1. The van der Waals surface area contributed by atoms with Crippen LogP contribution in [0.1, 0.15) is 52.0 Å². The lowest BCUT2D eigenvalue weighted by atomic mass is 9.86. The number of benzene rings is 1. The number of hydrogen-bond acceptors (Lipinski definition) is 2. The molecular weight excluding hydrogens is 272 g/mol. The average molecular weight is 304 g/mol. The van der Waals surface area contributed by atoms with Crippen molar-refractivity contribution in [3.8, 4) is 5.75 Å². The molecular formula is C20H32O2. The molecule has 4 atom stereocenters. The van der Waals surface area contributed by atoms with Crippen molar-refractivity contribution in [3.05, 3.63) is 42.5 Å². The monoisotopic (exact) mass is 304 g/mol. The number of phenols is 1. The summed E-state index contributed by atoms with van der Waals surface area (Å²) in [7, 11) is 0. The van der Waals surface area contributed by atoms with Gasteiger partial charge in [0, 0.05) is 0 Å². The van der Waals surface area contributed by atoms with E-state index in [1.165, 1.54) is 18.4 Å². The average Bonchev–Trinajstić information content (AvgIpc) is 2.48. The highest BCUT2D eigenvalue weighted by Crippen LogP contribution is 2.24. The number of aliphatic hydroxyl groups excluding tert-OH is 1. The maximum atomic E-state index is 9.97. The fourth-order valence-electron chi connectivity index (χ4n) is 3.02. The Morgan fingerprint density at radius 1 is 1.05 bits per heavy atom. The van der Waals surface area contributed by atoms with Crippen LogP contribution >= 0.6 is 0 Å². The molecule has 0 aliphatic carbocycles. The van der Waals surface area contributed by atoms with E-state index < -0.39 is 0 Å². The van der Waals surface area contributed by atoms with Crippen molar-refractivity contribution < 1.29 is 10.2 Å². The van der Waals surface area contributed by atoms with Crippen molar-refractivity contribution in [2.45, 2.75) is 59.0 Å². The maximum Gasteiger partial charge on any atom is 0.115 e. The molecule has 0 bridgehead atoms. The minimum absolute atomic E-state index is 0.255. The zero-order valence-electron chi connectivity index (χ0n) is 14.3. The van der Waals surface area contributed by atoms with Gasteiger partial charge in [-0.05, 0) is 54.7 Å². The van der Waals surface area contributed by atoms with Crippen molar-refractivity contribution in [1.82, 2.24) is 0 Å². The third-order valence-corrected chi connectivity index (χ3v) is 4.51. The Labute approximate surface area is 135 Å². The Morgan fingerprint density at radius 2 is 1.64 bits per heavy atom. The lowest BCUT2D eigenvalue weighted by molar-refractivity contribution is 0.104. The molecule has 0 aliphatic rings. The van der Waals surface area contributed by atoms with E-state index in [1.807, 2.05) is 12.1 Å². The van der Waals surface area contributed by atoms with E-state index in [-0.39, 0.29) is 6.10 Å². The van der Waals surface area contributed by atoms with Gasteiger partial charge in [0.15, 0.2) is 0 Å². The van der Waals surface area contributed by atoms with Crippen LogP contribution in [-0.2, 0) is 6.42 Å². The second-order valence-electron chi connectivity index (χ2n) is 6.96. The van der Waals surface area contributed by atoms with Crippen LogP contribution in [0.3, 0.4) is 0 Å². The van der Waals surface area contributed by atoms with Crippen LogP contribution < -0.4 is 0 Å². The summed E-state index contributed by atoms with van der Waals surface area (Å²) in [5.74, 6) is 1.94. The maximum absolute atomic E-state index is 9.97. The van der Waals surface area contributed by atoms with Crippen molar-refractivity contribution in [2.75, 3.05) is 0 Å². The van der Waals surface area contributed by atoms with E-state index in [1.54, 1.807) is 18.2 Å². The van der Waals surface area contributed by atoms with E-state index in [2.05, 4.69) is 27.4 Å². The summed E-state index contributed by atoms with van der Waals surface area (Å²) in [5.41, 5.74) is 1.28. The van der Waals surface area contributed by atoms with Crippen LogP contribution in [0, 0.1) is 17.8 Å². The molecule has 1 aromatic rings. The first-order valence-electron chi connectivity index (χ1n) is 8.49. The van der Waals surface area contributed by atoms with E-state index in [0.29, 0.717) is 29.9 Å². The van der Waals surface area contributed by atoms with Crippen LogP contribution in [0.2, 0.25) is 0 Å². The van der Waals surface area contributed by atoms with Gasteiger partial charge in [-0.2, -0.15) is 0 Å². The molecule has 1 rings (SSSR count). The van der Waals surface area contributed by atoms with E-state index in [4.69, 9.17) is 0 Å². The second-order valence-corrected chi connectivity index (χ2v) is 6.96. The molecule has 0 fully saturated rings. The highest BCUT2D eigenvalue weighted by atomic mass is 16.3. The first-order valence-corrected chi connectivity index (χ1v) is 8.49. The molecule has 2 heteroatoms. The molecule has 1 aromatic carbocycles. The number of phenolic OH excluding ortho intramolecular Hbond substituents is 1. The molecule has 0 aromatic heterocycles. The molecule has 0 amide bonds. The van der Waals surface area contributed by atoms with Crippen molar-refractivity contribution >= 4 is 0 Å². The van der Waals surface area contributed by atoms with Crippen molar-refractivity contribution in [3.63, 3.8) is 0 Å². The summed E-state index contributed by atoms with van der Waals surface area (Å²) < 4.78 is 0. The van der Waals surface area contributed by atoms with Gasteiger partial charge in [0.25, 0.3) is 0 Å². The third kappa shape index (κ3) is 7.13. The van der Waals surface area contributed by atoms with Crippen LogP contribution in [0.4, 0.5) is 0 Å². The minimum Gasteiger partial charge on any atom is -0.508 e. The van der Waals surface area contributed by atoms with Gasteiger partial charge in [-0.25, -0.2) is 0 Å². The fraction of sp³-hybridized carbons (Fsp3) is 0.600. The highest BCUT2D eigenvalue weighted by molar-refractivity contribution is 5.26. The Balaban J connectivity index is 2.29. The molecule has 22 heavy (non-hydrogen) atoms. The Morgan fingerprint density at radius 3 is 2.23 bits per heavy atom. The molecule has 0 spiro atoms. The van der Waals surface area contributed by atoms with Gasteiger partial charge in [-0.3, -0.25) is 0 Å². The molecule has 2 N–H and O–H groups in total. The summed E-state index contributed by atoms with van der Waals surface area (Å²) in [6, 6.07) is 7.52. The number of rotatable bonds is 10. The Bertz CT molecular complexity index is 424. The summed E-state index contributed by atoms with van der Waals surface area (Å²) in [4.78, 5) is 0. The van der Waals surface area contributed by atoms with Crippen LogP contribution in [-0.4, -0.2) is 16.3 Å². The lowest BCUT2D eigenvalue weighted by Crippen LogP contribution is -2.19. The van der Waals surface area contributed by atoms with Crippen LogP contribution in [0.5, 0.6) is 5.75 Å². The van der Waals surface area contributed by atoms with E-state index >= 15 is 0 Å². The quantitative estimate of drug-likeness (QED) is 0.600.